The van der Waals surface area contributed by atoms with Gasteiger partial charge in [-0.25, -0.2) is 8.78 Å². The van der Waals surface area contributed by atoms with Crippen molar-refractivity contribution in [1.29, 1.82) is 0 Å². The van der Waals surface area contributed by atoms with E-state index in [0.29, 0.717) is 23.6 Å². The molecule has 2 aromatic carbocycles. The van der Waals surface area contributed by atoms with Gasteiger partial charge in [0.1, 0.15) is 24.0 Å². The number of halogens is 5. The molecule has 3 rings (SSSR count). The van der Waals surface area contributed by atoms with E-state index in [0.717, 1.165) is 36.0 Å². The van der Waals surface area contributed by atoms with Crippen molar-refractivity contribution in [2.24, 2.45) is 0 Å². The standard InChI is InChI=1S/C20H17F5N4O2S/c1-2-29-17(10-31-14-5-3-4-12(8-14)20(23,24)25)27-28-19(29)32-11-18(30)26-16-7-6-13(21)9-15(16)22/h3-9H,2,10-11H2,1H3,(H,26,30). The molecule has 0 aliphatic carbocycles. The molecule has 0 atom stereocenters. The van der Waals surface area contributed by atoms with Crippen LogP contribution >= 0.6 is 11.8 Å². The lowest BCUT2D eigenvalue weighted by Gasteiger charge is -2.11. The molecular formula is C20H17F5N4O2S. The molecule has 0 bridgehead atoms. The highest BCUT2D eigenvalue weighted by atomic mass is 32.2. The van der Waals surface area contributed by atoms with Gasteiger partial charge in [0.05, 0.1) is 17.0 Å². The molecule has 0 fully saturated rings. The fourth-order valence-corrected chi connectivity index (χ4v) is 3.49. The van der Waals surface area contributed by atoms with Crippen LogP contribution in [0.5, 0.6) is 5.75 Å². The van der Waals surface area contributed by atoms with E-state index < -0.39 is 29.3 Å². The summed E-state index contributed by atoms with van der Waals surface area (Å²) in [7, 11) is 0. The molecule has 170 valence electrons. The van der Waals surface area contributed by atoms with Crippen molar-refractivity contribution in [2.45, 2.75) is 31.4 Å². The Bertz CT molecular complexity index is 1100. The van der Waals surface area contributed by atoms with Gasteiger partial charge in [-0.05, 0) is 37.3 Å². The molecule has 0 spiro atoms. The number of anilines is 1. The molecule has 6 nitrogen and oxygen atoms in total. The summed E-state index contributed by atoms with van der Waals surface area (Å²) in [6.07, 6.45) is -4.48. The number of thioether (sulfide) groups is 1. The maximum absolute atomic E-state index is 13.6. The van der Waals surface area contributed by atoms with E-state index in [1.54, 1.807) is 11.5 Å². The third-order valence-corrected chi connectivity index (χ3v) is 5.14. The number of hydrogen-bond donors (Lipinski definition) is 1. The summed E-state index contributed by atoms with van der Waals surface area (Å²) in [6, 6.07) is 7.28. The van der Waals surface area contributed by atoms with Gasteiger partial charge in [-0.3, -0.25) is 4.79 Å². The van der Waals surface area contributed by atoms with Crippen molar-refractivity contribution in [1.82, 2.24) is 14.8 Å². The van der Waals surface area contributed by atoms with Crippen molar-refractivity contribution >= 4 is 23.4 Å². The van der Waals surface area contributed by atoms with Crippen molar-refractivity contribution in [3.05, 3.63) is 65.5 Å². The van der Waals surface area contributed by atoms with Gasteiger partial charge in [0.15, 0.2) is 11.0 Å². The van der Waals surface area contributed by atoms with Crippen LogP contribution in [0.3, 0.4) is 0 Å². The Morgan fingerprint density at radius 3 is 2.62 bits per heavy atom. The van der Waals surface area contributed by atoms with Gasteiger partial charge in [-0.15, -0.1) is 10.2 Å². The molecule has 1 heterocycles. The maximum Gasteiger partial charge on any atom is 0.416 e. The zero-order valence-corrected chi connectivity index (χ0v) is 17.4. The van der Waals surface area contributed by atoms with E-state index >= 15 is 0 Å². The molecule has 0 radical (unpaired) electrons. The number of benzene rings is 2. The van der Waals surface area contributed by atoms with E-state index in [2.05, 4.69) is 15.5 Å². The van der Waals surface area contributed by atoms with Crippen LogP contribution in [0.15, 0.2) is 47.6 Å². The molecule has 1 N–H and O–H groups in total. The molecule has 0 saturated carbocycles. The number of aromatic nitrogens is 3. The van der Waals surface area contributed by atoms with Crippen LogP contribution in [0.2, 0.25) is 0 Å². The molecule has 1 aromatic heterocycles. The molecule has 0 saturated heterocycles. The van der Waals surface area contributed by atoms with Crippen molar-refractivity contribution in [2.75, 3.05) is 11.1 Å². The van der Waals surface area contributed by atoms with Crippen LogP contribution < -0.4 is 10.1 Å². The van der Waals surface area contributed by atoms with Crippen molar-refractivity contribution in [3.63, 3.8) is 0 Å². The van der Waals surface area contributed by atoms with Gasteiger partial charge in [0.25, 0.3) is 0 Å². The fourth-order valence-electron chi connectivity index (χ4n) is 2.67. The Balaban J connectivity index is 1.60. The Kier molecular flexibility index (Phi) is 7.33. The zero-order chi connectivity index (χ0) is 23.3. The number of carbonyl (C=O) groups is 1. The minimum Gasteiger partial charge on any atom is -0.486 e. The molecule has 12 heteroatoms. The molecule has 1 amide bonds. The highest BCUT2D eigenvalue weighted by molar-refractivity contribution is 7.99. The number of amides is 1. The largest absolute Gasteiger partial charge is 0.486 e. The third kappa shape index (κ3) is 5.96. The van der Waals surface area contributed by atoms with Gasteiger partial charge in [-0.2, -0.15) is 13.2 Å². The third-order valence-electron chi connectivity index (χ3n) is 4.18. The van der Waals surface area contributed by atoms with Crippen LogP contribution in [0.1, 0.15) is 18.3 Å². The minimum absolute atomic E-state index is 0.0281. The number of nitrogens with one attached hydrogen (secondary N) is 1. The van der Waals surface area contributed by atoms with E-state index in [1.165, 1.54) is 12.1 Å². The minimum atomic E-state index is -4.48. The van der Waals surface area contributed by atoms with Crippen molar-refractivity contribution < 1.29 is 31.5 Å². The summed E-state index contributed by atoms with van der Waals surface area (Å²) >= 11 is 1.03. The van der Waals surface area contributed by atoms with Crippen LogP contribution in [0.4, 0.5) is 27.6 Å². The quantitative estimate of drug-likeness (QED) is 0.373. The normalized spacial score (nSPS) is 11.4. The molecule has 0 aliphatic heterocycles. The number of alkyl halides is 3. The topological polar surface area (TPSA) is 69.0 Å². The van der Waals surface area contributed by atoms with Crippen LogP contribution in [0.25, 0.3) is 0 Å². The van der Waals surface area contributed by atoms with Crippen LogP contribution in [-0.2, 0) is 24.1 Å². The average molecular weight is 472 g/mol. The smallest absolute Gasteiger partial charge is 0.416 e. The Hall–Kier alpha value is -3.15. The first kappa shape index (κ1) is 23.5. The molecule has 3 aromatic rings. The summed E-state index contributed by atoms with van der Waals surface area (Å²) in [5.74, 6) is -1.92. The number of hydrogen-bond acceptors (Lipinski definition) is 5. The highest BCUT2D eigenvalue weighted by Crippen LogP contribution is 2.31. The molecule has 0 unspecified atom stereocenters. The van der Waals surface area contributed by atoms with E-state index in [-0.39, 0.29) is 23.8 Å². The highest BCUT2D eigenvalue weighted by Gasteiger charge is 2.30. The second-order valence-corrected chi connectivity index (χ2v) is 7.36. The van der Waals surface area contributed by atoms with E-state index in [1.807, 2.05) is 0 Å². The average Bonchev–Trinajstić information content (AvgIpc) is 3.14. The lowest BCUT2D eigenvalue weighted by molar-refractivity contribution is -0.137. The van der Waals surface area contributed by atoms with Gasteiger partial charge in [0, 0.05) is 12.6 Å². The summed E-state index contributed by atoms with van der Waals surface area (Å²) in [5.41, 5.74) is -0.976. The second-order valence-electron chi connectivity index (χ2n) is 6.42. The van der Waals surface area contributed by atoms with Gasteiger partial charge < -0.3 is 14.6 Å². The fraction of sp³-hybridized carbons (Fsp3) is 0.250. The first-order valence-electron chi connectivity index (χ1n) is 9.27. The number of nitrogens with zero attached hydrogens (tertiary/aromatic N) is 3. The first-order valence-corrected chi connectivity index (χ1v) is 10.3. The zero-order valence-electron chi connectivity index (χ0n) is 16.6. The molecule has 0 aliphatic rings. The first-order chi connectivity index (χ1) is 15.2. The summed E-state index contributed by atoms with van der Waals surface area (Å²) in [6.45, 7) is 2.09. The SMILES string of the molecule is CCn1c(COc2cccc(C(F)(F)F)c2)nnc1SCC(=O)Nc1ccc(F)cc1F. The van der Waals surface area contributed by atoms with E-state index in [9.17, 15) is 26.7 Å². The summed E-state index contributed by atoms with van der Waals surface area (Å²) < 4.78 is 72.1. The monoisotopic (exact) mass is 472 g/mol. The Morgan fingerprint density at radius 2 is 1.94 bits per heavy atom. The number of rotatable bonds is 8. The van der Waals surface area contributed by atoms with Crippen LogP contribution in [0, 0.1) is 11.6 Å². The van der Waals surface area contributed by atoms with Crippen molar-refractivity contribution in [3.8, 4) is 5.75 Å². The number of ether oxygens (including phenoxy) is 1. The lowest BCUT2D eigenvalue weighted by Crippen LogP contribution is -2.16. The van der Waals surface area contributed by atoms with Gasteiger partial charge in [0.2, 0.25) is 5.91 Å². The molecular weight excluding hydrogens is 455 g/mol. The predicted octanol–water partition coefficient (Wildman–Crippen LogP) is 4.90. The van der Waals surface area contributed by atoms with Crippen LogP contribution in [-0.4, -0.2) is 26.4 Å². The predicted molar refractivity (Wildman–Crippen MR) is 107 cm³/mol. The summed E-state index contributed by atoms with van der Waals surface area (Å²) in [5, 5.41) is 10.7. The molecule has 32 heavy (non-hydrogen) atoms. The summed E-state index contributed by atoms with van der Waals surface area (Å²) in [4.78, 5) is 12.1. The number of carbonyl (C=O) groups excluding carboxylic acids is 1. The lowest BCUT2D eigenvalue weighted by atomic mass is 10.2. The Morgan fingerprint density at radius 1 is 1.16 bits per heavy atom. The maximum atomic E-state index is 13.6. The Labute approximate surface area is 183 Å². The van der Waals surface area contributed by atoms with Gasteiger partial charge in [-0.1, -0.05) is 17.8 Å². The van der Waals surface area contributed by atoms with E-state index in [4.69, 9.17) is 4.74 Å². The van der Waals surface area contributed by atoms with Gasteiger partial charge >= 0.3 is 6.18 Å². The second kappa shape index (κ2) is 9.98.